The van der Waals surface area contributed by atoms with Gasteiger partial charge in [0.2, 0.25) is 0 Å². The minimum absolute atomic E-state index is 0.203. The molecule has 1 fully saturated rings. The van der Waals surface area contributed by atoms with E-state index in [0.717, 1.165) is 18.8 Å². The van der Waals surface area contributed by atoms with Gasteiger partial charge in [0.1, 0.15) is 5.78 Å². The number of ketones is 1. The molecule has 0 aromatic carbocycles. The molecule has 94 valence electrons. The average molecular weight is 224 g/mol. The second-order valence-corrected chi connectivity index (χ2v) is 6.14. The van der Waals surface area contributed by atoms with Gasteiger partial charge in [-0.25, -0.2) is 0 Å². The zero-order chi connectivity index (χ0) is 12.2. The van der Waals surface area contributed by atoms with E-state index < -0.39 is 0 Å². The van der Waals surface area contributed by atoms with Crippen LogP contribution in [0.15, 0.2) is 0 Å². The molecule has 0 aliphatic heterocycles. The SMILES string of the molecule is CCC(C)(CC(=O)C(C)C)C1CCCCC1. The maximum Gasteiger partial charge on any atom is 0.135 e. The topological polar surface area (TPSA) is 17.1 Å². The van der Waals surface area contributed by atoms with E-state index in [9.17, 15) is 4.79 Å². The summed E-state index contributed by atoms with van der Waals surface area (Å²) in [5, 5.41) is 0. The van der Waals surface area contributed by atoms with Gasteiger partial charge in [-0.1, -0.05) is 53.4 Å². The summed E-state index contributed by atoms with van der Waals surface area (Å²) in [6, 6.07) is 0. The van der Waals surface area contributed by atoms with Gasteiger partial charge in [-0.05, 0) is 24.2 Å². The van der Waals surface area contributed by atoms with Crippen molar-refractivity contribution in [3.05, 3.63) is 0 Å². The van der Waals surface area contributed by atoms with Gasteiger partial charge in [0.25, 0.3) is 0 Å². The maximum absolute atomic E-state index is 12.0. The number of carbonyl (C=O) groups excluding carboxylic acids is 1. The van der Waals surface area contributed by atoms with Gasteiger partial charge in [0.15, 0.2) is 0 Å². The number of rotatable bonds is 5. The molecule has 0 heterocycles. The fourth-order valence-electron chi connectivity index (χ4n) is 2.96. The first-order valence-electron chi connectivity index (χ1n) is 7.02. The highest BCUT2D eigenvalue weighted by Gasteiger charge is 2.35. The molecule has 1 aliphatic carbocycles. The highest BCUT2D eigenvalue weighted by atomic mass is 16.1. The van der Waals surface area contributed by atoms with E-state index in [1.807, 2.05) is 13.8 Å². The van der Waals surface area contributed by atoms with Crippen molar-refractivity contribution in [3.63, 3.8) is 0 Å². The van der Waals surface area contributed by atoms with E-state index in [4.69, 9.17) is 0 Å². The molecule has 0 aromatic rings. The molecule has 1 heteroatoms. The first-order chi connectivity index (χ1) is 7.49. The van der Waals surface area contributed by atoms with Crippen molar-refractivity contribution in [2.24, 2.45) is 17.3 Å². The molecular formula is C15H28O. The number of hydrogen-bond donors (Lipinski definition) is 0. The first-order valence-corrected chi connectivity index (χ1v) is 7.02. The van der Waals surface area contributed by atoms with Crippen molar-refractivity contribution in [1.82, 2.24) is 0 Å². The highest BCUT2D eigenvalue weighted by Crippen LogP contribution is 2.43. The summed E-state index contributed by atoms with van der Waals surface area (Å²) in [4.78, 5) is 12.0. The number of hydrogen-bond acceptors (Lipinski definition) is 1. The van der Waals surface area contributed by atoms with Gasteiger partial charge >= 0.3 is 0 Å². The normalized spacial score (nSPS) is 22.1. The third-order valence-electron chi connectivity index (χ3n) is 4.62. The number of Topliss-reactive ketones (excluding diaryl/α,β-unsaturated/α-hetero) is 1. The van der Waals surface area contributed by atoms with Gasteiger partial charge in [-0.15, -0.1) is 0 Å². The lowest BCUT2D eigenvalue weighted by molar-refractivity contribution is -0.125. The minimum Gasteiger partial charge on any atom is -0.299 e. The predicted molar refractivity (Wildman–Crippen MR) is 69.4 cm³/mol. The van der Waals surface area contributed by atoms with Crippen LogP contribution in [-0.2, 0) is 4.79 Å². The second-order valence-electron chi connectivity index (χ2n) is 6.14. The van der Waals surface area contributed by atoms with Gasteiger partial charge < -0.3 is 0 Å². The summed E-state index contributed by atoms with van der Waals surface area (Å²) in [5.41, 5.74) is 0.266. The van der Waals surface area contributed by atoms with Gasteiger partial charge in [0.05, 0.1) is 0 Å². The maximum atomic E-state index is 12.0. The molecule has 0 amide bonds. The van der Waals surface area contributed by atoms with E-state index in [1.165, 1.54) is 32.1 Å². The van der Waals surface area contributed by atoms with Crippen LogP contribution in [0.25, 0.3) is 0 Å². The summed E-state index contributed by atoms with van der Waals surface area (Å²) >= 11 is 0. The summed E-state index contributed by atoms with van der Waals surface area (Å²) in [6.45, 7) is 8.64. The molecular weight excluding hydrogens is 196 g/mol. The van der Waals surface area contributed by atoms with Crippen LogP contribution in [0.5, 0.6) is 0 Å². The van der Waals surface area contributed by atoms with Gasteiger partial charge in [-0.2, -0.15) is 0 Å². The Bertz CT molecular complexity index is 226. The first kappa shape index (κ1) is 13.7. The fraction of sp³-hybridized carbons (Fsp3) is 0.933. The molecule has 0 aromatic heterocycles. The highest BCUT2D eigenvalue weighted by molar-refractivity contribution is 5.80. The Balaban J connectivity index is 2.64. The Kier molecular flexibility index (Phi) is 5.01. The van der Waals surface area contributed by atoms with Crippen LogP contribution in [0, 0.1) is 17.3 Å². The lowest BCUT2D eigenvalue weighted by Crippen LogP contribution is -2.32. The number of carbonyl (C=O) groups is 1. The van der Waals surface area contributed by atoms with Crippen molar-refractivity contribution in [3.8, 4) is 0 Å². The van der Waals surface area contributed by atoms with Crippen LogP contribution in [-0.4, -0.2) is 5.78 Å². The zero-order valence-electron chi connectivity index (χ0n) is 11.5. The molecule has 0 radical (unpaired) electrons. The Labute approximate surface area is 101 Å². The molecule has 1 unspecified atom stereocenters. The van der Waals surface area contributed by atoms with Crippen molar-refractivity contribution in [2.45, 2.75) is 72.6 Å². The fourth-order valence-corrected chi connectivity index (χ4v) is 2.96. The monoisotopic (exact) mass is 224 g/mol. The summed E-state index contributed by atoms with van der Waals surface area (Å²) in [5.74, 6) is 1.44. The van der Waals surface area contributed by atoms with Crippen molar-refractivity contribution in [2.75, 3.05) is 0 Å². The standard InChI is InChI=1S/C15H28O/c1-5-15(4,11-14(16)12(2)3)13-9-7-6-8-10-13/h12-13H,5-11H2,1-4H3. The second kappa shape index (κ2) is 5.84. The van der Waals surface area contributed by atoms with Crippen LogP contribution >= 0.6 is 0 Å². The van der Waals surface area contributed by atoms with Gasteiger partial charge in [-0.3, -0.25) is 4.79 Å². The van der Waals surface area contributed by atoms with Crippen molar-refractivity contribution < 1.29 is 4.79 Å². The predicted octanol–water partition coefficient (Wildman–Crippen LogP) is 4.60. The van der Waals surface area contributed by atoms with E-state index in [0.29, 0.717) is 5.78 Å². The third kappa shape index (κ3) is 3.33. The van der Waals surface area contributed by atoms with Crippen LogP contribution in [0.2, 0.25) is 0 Å². The molecule has 0 spiro atoms. The lowest BCUT2D eigenvalue weighted by atomic mass is 9.65. The minimum atomic E-state index is 0.203. The molecule has 1 saturated carbocycles. The molecule has 0 N–H and O–H groups in total. The van der Waals surface area contributed by atoms with Gasteiger partial charge in [0, 0.05) is 12.3 Å². The Hall–Kier alpha value is -0.330. The molecule has 1 rings (SSSR count). The Morgan fingerprint density at radius 3 is 2.25 bits per heavy atom. The lowest BCUT2D eigenvalue weighted by Gasteiger charge is -2.39. The molecule has 1 aliphatic rings. The molecule has 1 nitrogen and oxygen atoms in total. The molecule has 16 heavy (non-hydrogen) atoms. The summed E-state index contributed by atoms with van der Waals surface area (Å²) in [7, 11) is 0. The third-order valence-corrected chi connectivity index (χ3v) is 4.62. The van der Waals surface area contributed by atoms with Crippen LogP contribution < -0.4 is 0 Å². The van der Waals surface area contributed by atoms with Crippen LogP contribution in [0.1, 0.15) is 72.6 Å². The summed E-state index contributed by atoms with van der Waals surface area (Å²) in [6.07, 6.45) is 8.77. The van der Waals surface area contributed by atoms with E-state index in [-0.39, 0.29) is 11.3 Å². The average Bonchev–Trinajstić information content (AvgIpc) is 2.29. The summed E-state index contributed by atoms with van der Waals surface area (Å²) < 4.78 is 0. The molecule has 0 saturated heterocycles. The van der Waals surface area contributed by atoms with Crippen molar-refractivity contribution >= 4 is 5.78 Å². The molecule has 1 atom stereocenters. The Morgan fingerprint density at radius 1 is 1.25 bits per heavy atom. The van der Waals surface area contributed by atoms with E-state index in [1.54, 1.807) is 0 Å². The van der Waals surface area contributed by atoms with Crippen LogP contribution in [0.4, 0.5) is 0 Å². The zero-order valence-corrected chi connectivity index (χ0v) is 11.5. The Morgan fingerprint density at radius 2 is 1.81 bits per heavy atom. The largest absolute Gasteiger partial charge is 0.299 e. The van der Waals surface area contributed by atoms with E-state index in [2.05, 4.69) is 13.8 Å². The van der Waals surface area contributed by atoms with Crippen LogP contribution in [0.3, 0.4) is 0 Å². The van der Waals surface area contributed by atoms with Crippen molar-refractivity contribution in [1.29, 1.82) is 0 Å². The van der Waals surface area contributed by atoms with E-state index >= 15 is 0 Å². The quantitative estimate of drug-likeness (QED) is 0.667. The smallest absolute Gasteiger partial charge is 0.135 e. The molecule has 0 bridgehead atoms.